The summed E-state index contributed by atoms with van der Waals surface area (Å²) in [6.07, 6.45) is -0.851. The van der Waals surface area contributed by atoms with Gasteiger partial charge in [-0.1, -0.05) is 25.3 Å². The summed E-state index contributed by atoms with van der Waals surface area (Å²) >= 11 is 0. The molecule has 0 aromatic heterocycles. The summed E-state index contributed by atoms with van der Waals surface area (Å²) in [4.78, 5) is 35.3. The van der Waals surface area contributed by atoms with E-state index in [4.69, 9.17) is 37.9 Å². The average molecular weight is 743 g/mol. The van der Waals surface area contributed by atoms with Gasteiger partial charge in [0.25, 0.3) is 0 Å². The Morgan fingerprint density at radius 2 is 1.02 bits per heavy atom. The highest BCUT2D eigenvalue weighted by Crippen LogP contribution is 2.33. The van der Waals surface area contributed by atoms with Crippen LogP contribution < -0.4 is 28.4 Å². The summed E-state index contributed by atoms with van der Waals surface area (Å²) < 4.78 is 41.9. The maximum Gasteiger partial charge on any atom is 0.333 e. The van der Waals surface area contributed by atoms with Crippen molar-refractivity contribution < 1.29 is 57.4 Å². The van der Waals surface area contributed by atoms with Crippen molar-refractivity contribution in [1.82, 2.24) is 0 Å². The van der Waals surface area contributed by atoms with Crippen molar-refractivity contribution in [2.24, 2.45) is 0 Å². The molecule has 4 rings (SSSR count). The van der Waals surface area contributed by atoms with Gasteiger partial charge in [-0.25, -0.2) is 9.59 Å². The second-order valence-electron chi connectivity index (χ2n) is 11.5. The first-order valence-corrected chi connectivity index (χ1v) is 16.7. The summed E-state index contributed by atoms with van der Waals surface area (Å²) in [5.74, 6) is 2.37. The molecule has 4 aromatic carbocycles. The number of carbonyl (C=O) groups excluding carboxylic acids is 3. The molecule has 0 saturated carbocycles. The van der Waals surface area contributed by atoms with Gasteiger partial charge in [0.2, 0.25) is 0 Å². The summed E-state index contributed by atoms with van der Waals surface area (Å²) in [5.41, 5.74) is 2.96. The van der Waals surface area contributed by atoms with E-state index in [1.54, 1.807) is 120 Å². The van der Waals surface area contributed by atoms with Crippen LogP contribution in [-0.2, 0) is 19.1 Å². The second kappa shape index (κ2) is 21.3. The molecule has 1 unspecified atom stereocenters. The first kappa shape index (κ1) is 42.1. The fourth-order valence-corrected chi connectivity index (χ4v) is 4.65. The second-order valence-corrected chi connectivity index (χ2v) is 11.5. The van der Waals surface area contributed by atoms with Crippen molar-refractivity contribution in [2.75, 3.05) is 54.9 Å². The van der Waals surface area contributed by atoms with Gasteiger partial charge in [-0.15, -0.1) is 0 Å². The molecular formula is C42H46O12. The molecular weight excluding hydrogens is 696 g/mol. The van der Waals surface area contributed by atoms with Crippen LogP contribution in [0.2, 0.25) is 0 Å². The quantitative estimate of drug-likeness (QED) is 0.0500. The lowest BCUT2D eigenvalue weighted by Gasteiger charge is -2.16. The molecule has 0 bridgehead atoms. The van der Waals surface area contributed by atoms with Crippen LogP contribution in [0.15, 0.2) is 109 Å². The standard InChI is InChI=1S/C21H24O6.C21H22O6/c2*1-14(2)21(23)27-12-11-26-16-7-5-15(6-8-16)20(22)18-10-9-17(24-3)13-19(18)25-4/h5-10,13,20,22H,1,11-12H2,2-4H3;5-10,13H,1,11-12H2,2-4H3. The van der Waals surface area contributed by atoms with Crippen molar-refractivity contribution in [3.05, 3.63) is 131 Å². The Balaban J connectivity index is 0.000000290. The summed E-state index contributed by atoms with van der Waals surface area (Å²) in [6, 6.07) is 24.0. The van der Waals surface area contributed by atoms with Crippen molar-refractivity contribution in [1.29, 1.82) is 0 Å². The number of methoxy groups -OCH3 is 4. The minimum Gasteiger partial charge on any atom is -0.497 e. The molecule has 1 atom stereocenters. The third kappa shape index (κ3) is 12.4. The van der Waals surface area contributed by atoms with Gasteiger partial charge in [0.15, 0.2) is 5.78 Å². The third-order valence-corrected chi connectivity index (χ3v) is 7.57. The normalized spacial score (nSPS) is 10.7. The van der Waals surface area contributed by atoms with Gasteiger partial charge < -0.3 is 43.0 Å². The Labute approximate surface area is 315 Å². The molecule has 54 heavy (non-hydrogen) atoms. The van der Waals surface area contributed by atoms with Crippen LogP contribution >= 0.6 is 0 Å². The van der Waals surface area contributed by atoms with Crippen LogP contribution in [0.5, 0.6) is 34.5 Å². The predicted octanol–water partition coefficient (Wildman–Crippen LogP) is 6.72. The van der Waals surface area contributed by atoms with Gasteiger partial charge in [0.05, 0.1) is 34.0 Å². The number of esters is 2. The van der Waals surface area contributed by atoms with Gasteiger partial charge in [-0.3, -0.25) is 4.79 Å². The van der Waals surface area contributed by atoms with Gasteiger partial charge >= 0.3 is 11.9 Å². The summed E-state index contributed by atoms with van der Waals surface area (Å²) in [7, 11) is 6.17. The Bertz CT molecular complexity index is 1880. The summed E-state index contributed by atoms with van der Waals surface area (Å²) in [5, 5.41) is 10.7. The third-order valence-electron chi connectivity index (χ3n) is 7.57. The summed E-state index contributed by atoms with van der Waals surface area (Å²) in [6.45, 7) is 10.9. The van der Waals surface area contributed by atoms with Crippen LogP contribution in [0.25, 0.3) is 0 Å². The fraction of sp³-hybridized carbons (Fsp3) is 0.262. The topological polar surface area (TPSA) is 145 Å². The highest BCUT2D eigenvalue weighted by molar-refractivity contribution is 6.10. The lowest BCUT2D eigenvalue weighted by Crippen LogP contribution is -2.12. The number of carbonyl (C=O) groups is 3. The maximum atomic E-state index is 12.7. The molecule has 12 heteroatoms. The van der Waals surface area contributed by atoms with E-state index in [9.17, 15) is 19.5 Å². The van der Waals surface area contributed by atoms with Crippen LogP contribution in [0, 0.1) is 0 Å². The molecule has 0 radical (unpaired) electrons. The number of hydrogen-bond acceptors (Lipinski definition) is 12. The number of hydrogen-bond donors (Lipinski definition) is 1. The zero-order valence-electron chi connectivity index (χ0n) is 31.3. The van der Waals surface area contributed by atoms with Crippen molar-refractivity contribution in [2.45, 2.75) is 20.0 Å². The maximum absolute atomic E-state index is 12.7. The number of ether oxygens (including phenoxy) is 8. The first-order valence-electron chi connectivity index (χ1n) is 16.7. The van der Waals surface area contributed by atoms with E-state index in [0.29, 0.717) is 67.9 Å². The Morgan fingerprint density at radius 1 is 0.574 bits per heavy atom. The van der Waals surface area contributed by atoms with Crippen molar-refractivity contribution >= 4 is 17.7 Å². The Morgan fingerprint density at radius 3 is 1.48 bits per heavy atom. The fourth-order valence-electron chi connectivity index (χ4n) is 4.65. The van der Waals surface area contributed by atoms with E-state index in [0.717, 1.165) is 0 Å². The predicted molar refractivity (Wildman–Crippen MR) is 202 cm³/mol. The molecule has 286 valence electrons. The van der Waals surface area contributed by atoms with Gasteiger partial charge in [-0.2, -0.15) is 0 Å². The van der Waals surface area contributed by atoms with E-state index in [1.807, 2.05) is 0 Å². The monoisotopic (exact) mass is 742 g/mol. The van der Waals surface area contributed by atoms with Crippen molar-refractivity contribution in [3.63, 3.8) is 0 Å². The molecule has 1 N–H and O–H groups in total. The average Bonchev–Trinajstić information content (AvgIpc) is 3.20. The van der Waals surface area contributed by atoms with Crippen LogP contribution in [0.1, 0.15) is 47.0 Å². The highest BCUT2D eigenvalue weighted by atomic mass is 16.6. The Hall–Kier alpha value is -6.27. The number of ketones is 1. The van der Waals surface area contributed by atoms with Gasteiger partial charge in [0.1, 0.15) is 67.0 Å². The first-order chi connectivity index (χ1) is 25.9. The molecule has 0 amide bonds. The molecule has 0 aliphatic heterocycles. The molecule has 0 fully saturated rings. The lowest BCUT2D eigenvalue weighted by atomic mass is 10.0. The van der Waals surface area contributed by atoms with Crippen LogP contribution in [0.3, 0.4) is 0 Å². The number of benzene rings is 4. The number of aliphatic hydroxyl groups excluding tert-OH is 1. The zero-order valence-corrected chi connectivity index (χ0v) is 31.3. The number of aliphatic hydroxyl groups is 1. The van der Waals surface area contributed by atoms with Crippen LogP contribution in [0.4, 0.5) is 0 Å². The van der Waals surface area contributed by atoms with Crippen molar-refractivity contribution in [3.8, 4) is 34.5 Å². The minimum absolute atomic E-state index is 0.120. The Kier molecular flexibility index (Phi) is 16.6. The van der Waals surface area contributed by atoms with Gasteiger partial charge in [-0.05, 0) is 80.1 Å². The zero-order chi connectivity index (χ0) is 39.6. The largest absolute Gasteiger partial charge is 0.497 e. The molecule has 0 spiro atoms. The lowest BCUT2D eigenvalue weighted by molar-refractivity contribution is -0.140. The van der Waals surface area contributed by atoms with Crippen LogP contribution in [-0.4, -0.2) is 77.7 Å². The van der Waals surface area contributed by atoms with E-state index < -0.39 is 18.0 Å². The molecule has 0 saturated heterocycles. The molecule has 12 nitrogen and oxygen atoms in total. The van der Waals surface area contributed by atoms with E-state index >= 15 is 0 Å². The van der Waals surface area contributed by atoms with E-state index in [2.05, 4.69) is 13.2 Å². The van der Waals surface area contributed by atoms with E-state index in [1.165, 1.54) is 7.11 Å². The highest BCUT2D eigenvalue weighted by Gasteiger charge is 2.17. The smallest absolute Gasteiger partial charge is 0.333 e. The van der Waals surface area contributed by atoms with E-state index in [-0.39, 0.29) is 32.2 Å². The minimum atomic E-state index is -0.851. The SMILES string of the molecule is C=C(C)C(=O)OCCOc1ccc(C(=O)c2ccc(OC)cc2OC)cc1.C=C(C)C(=O)OCCOc1ccc(C(O)c2ccc(OC)cc2OC)cc1. The molecule has 0 heterocycles. The molecule has 0 aliphatic carbocycles. The van der Waals surface area contributed by atoms with Gasteiger partial charge in [0, 0.05) is 34.4 Å². The molecule has 4 aromatic rings. The number of rotatable bonds is 18. The molecule has 0 aliphatic rings.